The van der Waals surface area contributed by atoms with E-state index in [1.807, 2.05) is 38.1 Å². The van der Waals surface area contributed by atoms with Crippen molar-refractivity contribution in [3.63, 3.8) is 0 Å². The molecule has 1 aromatic rings. The lowest BCUT2D eigenvalue weighted by molar-refractivity contribution is -0.116. The first-order valence-electron chi connectivity index (χ1n) is 5.93. The van der Waals surface area contributed by atoms with E-state index in [-0.39, 0.29) is 24.6 Å². The Kier molecular flexibility index (Phi) is 6.32. The maximum absolute atomic E-state index is 11.8. The van der Waals surface area contributed by atoms with Gasteiger partial charge in [0.25, 0.3) is 0 Å². The Morgan fingerprint density at radius 3 is 2.44 bits per heavy atom. The molecule has 0 aliphatic rings. The van der Waals surface area contributed by atoms with Crippen LogP contribution >= 0.6 is 15.9 Å². The Hall–Kier alpha value is -0.910. The lowest BCUT2D eigenvalue weighted by atomic mass is 10.2. The first kappa shape index (κ1) is 15.1. The summed E-state index contributed by atoms with van der Waals surface area (Å²) in [5.41, 5.74) is 0.783. The predicted molar refractivity (Wildman–Crippen MR) is 76.5 cm³/mol. The maximum Gasteiger partial charge on any atom is 0.225 e. The Labute approximate surface area is 116 Å². The van der Waals surface area contributed by atoms with Crippen molar-refractivity contribution < 1.29 is 9.90 Å². The minimum Gasteiger partial charge on any atom is -0.395 e. The zero-order valence-electron chi connectivity index (χ0n) is 10.6. The number of carbonyl (C=O) groups is 1. The van der Waals surface area contributed by atoms with Crippen LogP contribution in [0.2, 0.25) is 0 Å². The summed E-state index contributed by atoms with van der Waals surface area (Å²) in [6.07, 6.45) is 0.375. The third-order valence-electron chi connectivity index (χ3n) is 2.46. The summed E-state index contributed by atoms with van der Waals surface area (Å²) in [6, 6.07) is 7.48. The van der Waals surface area contributed by atoms with Gasteiger partial charge in [-0.3, -0.25) is 4.79 Å². The van der Waals surface area contributed by atoms with Crippen molar-refractivity contribution in [2.24, 2.45) is 0 Å². The van der Waals surface area contributed by atoms with Crippen LogP contribution < -0.4 is 10.6 Å². The van der Waals surface area contributed by atoms with Gasteiger partial charge in [-0.2, -0.15) is 0 Å². The molecule has 0 saturated carbocycles. The number of nitrogens with one attached hydrogen (secondary N) is 2. The fourth-order valence-corrected chi connectivity index (χ4v) is 1.88. The minimum atomic E-state index is -0.0394. The topological polar surface area (TPSA) is 61.4 Å². The Bertz CT molecular complexity index is 381. The maximum atomic E-state index is 11.8. The molecule has 5 heteroatoms. The number of benzene rings is 1. The van der Waals surface area contributed by atoms with Crippen LogP contribution in [0.3, 0.4) is 0 Å². The molecule has 3 N–H and O–H groups in total. The van der Waals surface area contributed by atoms with E-state index in [0.29, 0.717) is 6.42 Å². The molecule has 0 fully saturated rings. The van der Waals surface area contributed by atoms with E-state index < -0.39 is 0 Å². The summed E-state index contributed by atoms with van der Waals surface area (Å²) < 4.78 is 0.979. The number of rotatable bonds is 6. The predicted octanol–water partition coefficient (Wildman–Crippen LogP) is 2.14. The highest BCUT2D eigenvalue weighted by Crippen LogP contribution is 2.14. The fraction of sp³-hybridized carbons (Fsp3) is 0.462. The summed E-state index contributed by atoms with van der Waals surface area (Å²) in [5, 5.41) is 14.9. The average molecular weight is 315 g/mol. The van der Waals surface area contributed by atoms with Crippen LogP contribution in [0.4, 0.5) is 5.69 Å². The third-order valence-corrected chi connectivity index (χ3v) is 2.99. The molecule has 0 aliphatic heterocycles. The molecule has 1 unspecified atom stereocenters. The minimum absolute atomic E-state index is 0.000445. The number of hydrogen-bond acceptors (Lipinski definition) is 3. The second kappa shape index (κ2) is 7.51. The highest BCUT2D eigenvalue weighted by molar-refractivity contribution is 9.10. The standard InChI is InChI=1S/C13H19BrN2O2/c1-9(15-10(2)8-17)7-13(18)16-12-5-3-11(14)4-6-12/h3-6,9-10,15,17H,7-8H2,1-2H3,(H,16,18)/t9?,10-/m1/s1. The molecule has 0 spiro atoms. The lowest BCUT2D eigenvalue weighted by Gasteiger charge is -2.17. The van der Waals surface area contributed by atoms with Crippen LogP contribution in [0, 0.1) is 0 Å². The molecule has 0 heterocycles. The normalized spacial score (nSPS) is 14.0. The largest absolute Gasteiger partial charge is 0.395 e. The zero-order chi connectivity index (χ0) is 13.5. The van der Waals surface area contributed by atoms with Crippen LogP contribution in [-0.2, 0) is 4.79 Å². The smallest absolute Gasteiger partial charge is 0.225 e. The molecule has 0 radical (unpaired) electrons. The van der Waals surface area contributed by atoms with Gasteiger partial charge in [-0.1, -0.05) is 15.9 Å². The first-order valence-corrected chi connectivity index (χ1v) is 6.73. The number of anilines is 1. The molecule has 1 aromatic carbocycles. The quantitative estimate of drug-likeness (QED) is 0.754. The third kappa shape index (κ3) is 5.62. The lowest BCUT2D eigenvalue weighted by Crippen LogP contribution is -2.38. The molecule has 1 amide bonds. The molecule has 0 aliphatic carbocycles. The molecule has 4 nitrogen and oxygen atoms in total. The van der Waals surface area contributed by atoms with Crippen LogP contribution in [0.25, 0.3) is 0 Å². The molecule has 2 atom stereocenters. The van der Waals surface area contributed by atoms with E-state index >= 15 is 0 Å². The number of amides is 1. The zero-order valence-corrected chi connectivity index (χ0v) is 12.2. The summed E-state index contributed by atoms with van der Waals surface area (Å²) >= 11 is 3.34. The molecule has 0 aromatic heterocycles. The van der Waals surface area contributed by atoms with Gasteiger partial charge in [0, 0.05) is 28.7 Å². The van der Waals surface area contributed by atoms with Gasteiger partial charge in [-0.25, -0.2) is 0 Å². The molecule has 18 heavy (non-hydrogen) atoms. The van der Waals surface area contributed by atoms with E-state index in [2.05, 4.69) is 26.6 Å². The van der Waals surface area contributed by atoms with Gasteiger partial charge >= 0.3 is 0 Å². The van der Waals surface area contributed by atoms with Crippen molar-refractivity contribution >= 4 is 27.5 Å². The van der Waals surface area contributed by atoms with Crippen molar-refractivity contribution in [2.75, 3.05) is 11.9 Å². The molecule has 0 bridgehead atoms. The van der Waals surface area contributed by atoms with Gasteiger partial charge in [0.2, 0.25) is 5.91 Å². The van der Waals surface area contributed by atoms with Crippen LogP contribution in [0.1, 0.15) is 20.3 Å². The van der Waals surface area contributed by atoms with Gasteiger partial charge in [0.15, 0.2) is 0 Å². The monoisotopic (exact) mass is 314 g/mol. The second-order valence-corrected chi connectivity index (χ2v) is 5.33. The molecule has 100 valence electrons. The molecule has 0 saturated heterocycles. The van der Waals surface area contributed by atoms with E-state index in [1.54, 1.807) is 0 Å². The molecule has 1 rings (SSSR count). The Balaban J connectivity index is 2.39. The van der Waals surface area contributed by atoms with Gasteiger partial charge < -0.3 is 15.7 Å². The van der Waals surface area contributed by atoms with Crippen LogP contribution in [-0.4, -0.2) is 29.7 Å². The van der Waals surface area contributed by atoms with Gasteiger partial charge in [-0.15, -0.1) is 0 Å². The highest BCUT2D eigenvalue weighted by atomic mass is 79.9. The fourth-order valence-electron chi connectivity index (χ4n) is 1.62. The van der Waals surface area contributed by atoms with Crippen molar-refractivity contribution in [3.05, 3.63) is 28.7 Å². The van der Waals surface area contributed by atoms with Crippen molar-refractivity contribution in [2.45, 2.75) is 32.4 Å². The summed E-state index contributed by atoms with van der Waals surface area (Å²) in [6.45, 7) is 3.87. The average Bonchev–Trinajstić information content (AvgIpc) is 2.31. The SMILES string of the molecule is CC(CC(=O)Nc1ccc(Br)cc1)N[C@H](C)CO. The van der Waals surface area contributed by atoms with Gasteiger partial charge in [-0.05, 0) is 38.1 Å². The van der Waals surface area contributed by atoms with E-state index in [0.717, 1.165) is 10.2 Å². The van der Waals surface area contributed by atoms with Crippen molar-refractivity contribution in [3.8, 4) is 0 Å². The van der Waals surface area contributed by atoms with E-state index in [9.17, 15) is 4.79 Å². The highest BCUT2D eigenvalue weighted by Gasteiger charge is 2.11. The number of hydrogen-bond donors (Lipinski definition) is 3. The molecular weight excluding hydrogens is 296 g/mol. The first-order chi connectivity index (χ1) is 8.51. The van der Waals surface area contributed by atoms with Crippen LogP contribution in [0.15, 0.2) is 28.7 Å². The van der Waals surface area contributed by atoms with E-state index in [1.165, 1.54) is 0 Å². The van der Waals surface area contributed by atoms with Gasteiger partial charge in [0.05, 0.1) is 6.61 Å². The summed E-state index contributed by atoms with van der Waals surface area (Å²) in [5.74, 6) is -0.0394. The molecular formula is C13H19BrN2O2. The number of halogens is 1. The Morgan fingerprint density at radius 2 is 1.89 bits per heavy atom. The second-order valence-electron chi connectivity index (χ2n) is 4.41. The number of aliphatic hydroxyl groups is 1. The van der Waals surface area contributed by atoms with Crippen molar-refractivity contribution in [1.82, 2.24) is 5.32 Å². The van der Waals surface area contributed by atoms with Gasteiger partial charge in [0.1, 0.15) is 0 Å². The summed E-state index contributed by atoms with van der Waals surface area (Å²) in [4.78, 5) is 11.8. The van der Waals surface area contributed by atoms with Crippen molar-refractivity contribution in [1.29, 1.82) is 0 Å². The van der Waals surface area contributed by atoms with E-state index in [4.69, 9.17) is 5.11 Å². The number of carbonyl (C=O) groups excluding carboxylic acids is 1. The summed E-state index contributed by atoms with van der Waals surface area (Å²) in [7, 11) is 0. The Morgan fingerprint density at radius 1 is 1.28 bits per heavy atom. The van der Waals surface area contributed by atoms with Crippen LogP contribution in [0.5, 0.6) is 0 Å². The number of aliphatic hydroxyl groups excluding tert-OH is 1.